The summed E-state index contributed by atoms with van der Waals surface area (Å²) >= 11 is 0. The Kier molecular flexibility index (Phi) is 8.94. The van der Waals surface area contributed by atoms with Gasteiger partial charge < -0.3 is 21.7 Å². The molecule has 0 aromatic heterocycles. The zero-order valence-electron chi connectivity index (χ0n) is 18.1. The highest BCUT2D eigenvalue weighted by molar-refractivity contribution is 5.97. The first-order chi connectivity index (χ1) is 14.4. The van der Waals surface area contributed by atoms with Gasteiger partial charge in [0, 0.05) is 37.0 Å². The van der Waals surface area contributed by atoms with Crippen molar-refractivity contribution in [3.05, 3.63) is 84.6 Å². The van der Waals surface area contributed by atoms with Crippen LogP contribution in [0.5, 0.6) is 0 Å². The third kappa shape index (κ3) is 7.99. The Hall–Kier alpha value is -3.28. The molecule has 0 radical (unpaired) electrons. The lowest BCUT2D eigenvalue weighted by Crippen LogP contribution is -2.41. The van der Waals surface area contributed by atoms with Gasteiger partial charge in [-0.25, -0.2) is 9.98 Å². The number of amidine groups is 1. The lowest BCUT2D eigenvalue weighted by Gasteiger charge is -2.34. The maximum atomic E-state index is 5.90. The van der Waals surface area contributed by atoms with Crippen LogP contribution >= 0.6 is 0 Å². The molecule has 0 bridgehead atoms. The number of nitrogens with zero attached hydrogens (tertiary/aromatic N) is 3. The predicted octanol–water partition coefficient (Wildman–Crippen LogP) is 3.46. The van der Waals surface area contributed by atoms with E-state index in [1.54, 1.807) is 13.0 Å². The van der Waals surface area contributed by atoms with Gasteiger partial charge in [-0.15, -0.1) is 0 Å². The van der Waals surface area contributed by atoms with Crippen LogP contribution in [-0.2, 0) is 6.42 Å². The molecule has 1 aromatic carbocycles. The summed E-state index contributed by atoms with van der Waals surface area (Å²) in [5, 5.41) is 3.46. The minimum absolute atomic E-state index is 0.311. The first kappa shape index (κ1) is 23.0. The third-order valence-electron chi connectivity index (χ3n) is 4.65. The Morgan fingerprint density at radius 1 is 1.17 bits per heavy atom. The molecule has 1 fully saturated rings. The Balaban J connectivity index is 1.98. The van der Waals surface area contributed by atoms with Crippen molar-refractivity contribution in [2.24, 2.45) is 21.5 Å². The van der Waals surface area contributed by atoms with Gasteiger partial charge in [0.15, 0.2) is 0 Å². The lowest BCUT2D eigenvalue weighted by atomic mass is 10.1. The zero-order chi connectivity index (χ0) is 21.9. The lowest BCUT2D eigenvalue weighted by molar-refractivity contribution is 0.247. The van der Waals surface area contributed by atoms with Crippen LogP contribution in [0.3, 0.4) is 0 Å². The molecule has 0 aliphatic carbocycles. The van der Waals surface area contributed by atoms with E-state index >= 15 is 0 Å². The summed E-state index contributed by atoms with van der Waals surface area (Å²) in [5.74, 6) is 2.06. The van der Waals surface area contributed by atoms with Crippen molar-refractivity contribution in [2.45, 2.75) is 39.2 Å². The minimum atomic E-state index is 0.311. The van der Waals surface area contributed by atoms with Crippen LogP contribution in [0.15, 0.2) is 89.0 Å². The molecular formula is C24H34N6. The number of likely N-dealkylation sites (tertiary alicyclic amines) is 1. The van der Waals surface area contributed by atoms with E-state index in [2.05, 4.69) is 40.5 Å². The quantitative estimate of drug-likeness (QED) is 0.333. The van der Waals surface area contributed by atoms with Crippen LogP contribution in [0, 0.1) is 0 Å². The molecule has 0 atom stereocenters. The van der Waals surface area contributed by atoms with E-state index < -0.39 is 0 Å². The fourth-order valence-corrected chi connectivity index (χ4v) is 3.38. The second-order valence-corrected chi connectivity index (χ2v) is 7.52. The number of benzene rings is 1. The Bertz CT molecular complexity index is 832. The summed E-state index contributed by atoms with van der Waals surface area (Å²) in [6.45, 7) is 13.3. The van der Waals surface area contributed by atoms with E-state index in [4.69, 9.17) is 16.5 Å². The van der Waals surface area contributed by atoms with Gasteiger partial charge in [-0.05, 0) is 44.4 Å². The number of nitrogens with two attached hydrogens (primary N) is 2. The first-order valence-electron chi connectivity index (χ1n) is 10.3. The van der Waals surface area contributed by atoms with Crippen LogP contribution in [0.25, 0.3) is 0 Å². The number of hydrogen-bond donors (Lipinski definition) is 3. The smallest absolute Gasteiger partial charge is 0.130 e. The maximum Gasteiger partial charge on any atom is 0.130 e. The molecule has 0 saturated carbocycles. The van der Waals surface area contributed by atoms with Gasteiger partial charge in [0.05, 0.1) is 5.84 Å². The van der Waals surface area contributed by atoms with Crippen molar-refractivity contribution in [3.63, 3.8) is 0 Å². The van der Waals surface area contributed by atoms with Gasteiger partial charge in [0.2, 0.25) is 0 Å². The molecule has 1 heterocycles. The number of allylic oxidation sites excluding steroid dienone is 4. The molecule has 0 spiro atoms. The number of piperidine rings is 1. The van der Waals surface area contributed by atoms with E-state index in [-0.39, 0.29) is 0 Å². The molecule has 1 aliphatic rings. The summed E-state index contributed by atoms with van der Waals surface area (Å²) < 4.78 is 0. The van der Waals surface area contributed by atoms with Crippen molar-refractivity contribution in [3.8, 4) is 0 Å². The minimum Gasteiger partial charge on any atom is -0.402 e. The molecule has 1 aliphatic heterocycles. The fraction of sp³-hybridized carbons (Fsp3) is 0.333. The molecule has 2 rings (SSSR count). The van der Waals surface area contributed by atoms with Gasteiger partial charge >= 0.3 is 0 Å². The third-order valence-corrected chi connectivity index (χ3v) is 4.65. The molecule has 6 nitrogen and oxygen atoms in total. The number of rotatable bonds is 9. The van der Waals surface area contributed by atoms with Gasteiger partial charge in [-0.3, -0.25) is 0 Å². The van der Waals surface area contributed by atoms with Crippen molar-refractivity contribution in [1.29, 1.82) is 0 Å². The zero-order valence-corrected chi connectivity index (χ0v) is 18.1. The maximum absolute atomic E-state index is 5.90. The normalized spacial score (nSPS) is 17.1. The van der Waals surface area contributed by atoms with Crippen LogP contribution in [0.2, 0.25) is 0 Å². The molecule has 1 aromatic rings. The van der Waals surface area contributed by atoms with Crippen molar-refractivity contribution in [2.75, 3.05) is 13.1 Å². The van der Waals surface area contributed by atoms with Crippen molar-refractivity contribution >= 4 is 11.5 Å². The molecule has 0 amide bonds. The summed E-state index contributed by atoms with van der Waals surface area (Å²) in [7, 11) is 0. The summed E-state index contributed by atoms with van der Waals surface area (Å²) in [4.78, 5) is 11.3. The topological polar surface area (TPSA) is 92.0 Å². The fourth-order valence-electron chi connectivity index (χ4n) is 3.38. The number of hydrogen-bond acceptors (Lipinski definition) is 5. The molecule has 30 heavy (non-hydrogen) atoms. The molecule has 160 valence electrons. The molecule has 0 unspecified atom stereocenters. The van der Waals surface area contributed by atoms with E-state index in [0.29, 0.717) is 24.1 Å². The van der Waals surface area contributed by atoms with Crippen molar-refractivity contribution < 1.29 is 0 Å². The van der Waals surface area contributed by atoms with E-state index in [0.717, 1.165) is 43.2 Å². The van der Waals surface area contributed by atoms with Gasteiger partial charge in [-0.2, -0.15) is 0 Å². The summed E-state index contributed by atoms with van der Waals surface area (Å²) in [5.41, 5.74) is 14.5. The van der Waals surface area contributed by atoms with E-state index in [1.807, 2.05) is 37.3 Å². The Labute approximate surface area is 180 Å². The van der Waals surface area contributed by atoms with Crippen LogP contribution in [-0.4, -0.2) is 35.6 Å². The highest BCUT2D eigenvalue weighted by atomic mass is 15.2. The van der Waals surface area contributed by atoms with Crippen LogP contribution in [0.1, 0.15) is 32.3 Å². The summed E-state index contributed by atoms with van der Waals surface area (Å²) in [6.07, 6.45) is 8.17. The van der Waals surface area contributed by atoms with Crippen molar-refractivity contribution in [1.82, 2.24) is 10.2 Å². The summed E-state index contributed by atoms with van der Waals surface area (Å²) in [6, 6.07) is 10.5. The largest absolute Gasteiger partial charge is 0.402 e. The molecule has 6 heteroatoms. The predicted molar refractivity (Wildman–Crippen MR) is 128 cm³/mol. The van der Waals surface area contributed by atoms with Gasteiger partial charge in [0.25, 0.3) is 0 Å². The van der Waals surface area contributed by atoms with Gasteiger partial charge in [-0.1, -0.05) is 49.6 Å². The molecule has 5 N–H and O–H groups in total. The second-order valence-electron chi connectivity index (χ2n) is 7.52. The second kappa shape index (κ2) is 11.7. The molecular weight excluding hydrogens is 372 g/mol. The first-order valence-corrected chi connectivity index (χ1v) is 10.3. The van der Waals surface area contributed by atoms with Crippen LogP contribution < -0.4 is 16.8 Å². The Morgan fingerprint density at radius 2 is 1.83 bits per heavy atom. The standard InChI is InChI=1S/C24H34N6/c1-5-9-24(27-19(3)26)30-14-12-22(13-15-30)28-20(4)29-23(16-18(2)25)17-21-10-7-6-8-11-21/h5-11,16,22,28H,1,4,12-15,17,25H2,2-3H3,(H2,26,27)/b18-16-,24-9+,29-23?. The number of nitrogens with one attached hydrogen (secondary N) is 1. The molecule has 1 saturated heterocycles. The van der Waals surface area contributed by atoms with Crippen LogP contribution in [0.4, 0.5) is 0 Å². The Morgan fingerprint density at radius 3 is 2.40 bits per heavy atom. The number of aliphatic imine (C=N–C) groups is 2. The van der Waals surface area contributed by atoms with Gasteiger partial charge in [0.1, 0.15) is 11.6 Å². The van der Waals surface area contributed by atoms with E-state index in [9.17, 15) is 0 Å². The highest BCUT2D eigenvalue weighted by Crippen LogP contribution is 2.17. The highest BCUT2D eigenvalue weighted by Gasteiger charge is 2.20. The average molecular weight is 407 g/mol. The average Bonchev–Trinajstić information content (AvgIpc) is 2.68. The monoisotopic (exact) mass is 406 g/mol. The van der Waals surface area contributed by atoms with E-state index in [1.165, 1.54) is 5.56 Å². The SMILES string of the molecule is C=C/C=C(\N=C(C)N)N1CCC(NC(=C)N=C(/C=C(/C)N)Cc2ccccc2)CC1.